The van der Waals surface area contributed by atoms with Crippen molar-refractivity contribution in [3.8, 4) is 0 Å². The number of nitrogen functional groups attached to an aromatic ring is 1. The first kappa shape index (κ1) is 10.2. The van der Waals surface area contributed by atoms with Crippen LogP contribution in [0.3, 0.4) is 0 Å². The van der Waals surface area contributed by atoms with Crippen molar-refractivity contribution in [3.63, 3.8) is 0 Å². The highest BCUT2D eigenvalue weighted by atomic mass is 16.5. The largest absolute Gasteiger partial charge is 0.382 e. The maximum atomic E-state index is 5.79. The van der Waals surface area contributed by atoms with Crippen molar-refractivity contribution in [2.24, 2.45) is 0 Å². The minimum atomic E-state index is -0.0445. The SMILES string of the molecule is CC1OCCC1(C)Nc1cccnc1N. The molecule has 3 N–H and O–H groups in total. The van der Waals surface area contributed by atoms with E-state index in [0.717, 1.165) is 18.7 Å². The van der Waals surface area contributed by atoms with Crippen molar-refractivity contribution in [2.75, 3.05) is 17.7 Å². The summed E-state index contributed by atoms with van der Waals surface area (Å²) in [7, 11) is 0. The molecule has 82 valence electrons. The van der Waals surface area contributed by atoms with Gasteiger partial charge in [0.2, 0.25) is 0 Å². The minimum Gasteiger partial charge on any atom is -0.382 e. The Bertz CT molecular complexity index is 355. The number of rotatable bonds is 2. The smallest absolute Gasteiger partial charge is 0.146 e. The van der Waals surface area contributed by atoms with E-state index in [9.17, 15) is 0 Å². The van der Waals surface area contributed by atoms with E-state index in [0.29, 0.717) is 5.82 Å². The molecule has 0 saturated carbocycles. The number of nitrogens with two attached hydrogens (primary N) is 1. The van der Waals surface area contributed by atoms with E-state index >= 15 is 0 Å². The van der Waals surface area contributed by atoms with Gasteiger partial charge in [-0.3, -0.25) is 0 Å². The fraction of sp³-hybridized carbons (Fsp3) is 0.545. The molecule has 1 saturated heterocycles. The molecule has 0 spiro atoms. The topological polar surface area (TPSA) is 60.2 Å². The third-order valence-electron chi connectivity index (χ3n) is 3.15. The second-order valence-electron chi connectivity index (χ2n) is 4.24. The normalized spacial score (nSPS) is 30.4. The Morgan fingerprint density at radius 1 is 1.67 bits per heavy atom. The van der Waals surface area contributed by atoms with E-state index in [1.165, 1.54) is 0 Å². The zero-order chi connectivity index (χ0) is 10.9. The van der Waals surface area contributed by atoms with Gasteiger partial charge in [0.1, 0.15) is 5.82 Å². The summed E-state index contributed by atoms with van der Waals surface area (Å²) < 4.78 is 5.56. The molecule has 15 heavy (non-hydrogen) atoms. The Morgan fingerprint density at radius 3 is 3.07 bits per heavy atom. The Kier molecular flexibility index (Phi) is 2.52. The average molecular weight is 207 g/mol. The number of nitrogens with one attached hydrogen (secondary N) is 1. The molecule has 2 atom stereocenters. The van der Waals surface area contributed by atoms with Gasteiger partial charge in [-0.05, 0) is 32.4 Å². The lowest BCUT2D eigenvalue weighted by atomic mass is 9.94. The summed E-state index contributed by atoms with van der Waals surface area (Å²) in [5.41, 5.74) is 6.63. The highest BCUT2D eigenvalue weighted by Gasteiger charge is 2.37. The maximum absolute atomic E-state index is 5.79. The maximum Gasteiger partial charge on any atom is 0.146 e. The Morgan fingerprint density at radius 2 is 2.47 bits per heavy atom. The molecule has 0 amide bonds. The lowest BCUT2D eigenvalue weighted by molar-refractivity contribution is 0.105. The fourth-order valence-electron chi connectivity index (χ4n) is 1.83. The summed E-state index contributed by atoms with van der Waals surface area (Å²) >= 11 is 0. The van der Waals surface area contributed by atoms with Crippen LogP contribution in [-0.4, -0.2) is 23.2 Å². The standard InChI is InChI=1S/C11H17N3O/c1-8-11(2,5-7-15-8)14-9-4-3-6-13-10(9)12/h3-4,6,8,14H,5,7H2,1-2H3,(H2,12,13). The molecule has 0 bridgehead atoms. The van der Waals surface area contributed by atoms with Crippen LogP contribution in [0.1, 0.15) is 20.3 Å². The molecule has 2 heterocycles. The number of hydrogen-bond acceptors (Lipinski definition) is 4. The van der Waals surface area contributed by atoms with Crippen LogP contribution in [-0.2, 0) is 4.74 Å². The number of hydrogen-bond donors (Lipinski definition) is 2. The zero-order valence-electron chi connectivity index (χ0n) is 9.16. The van der Waals surface area contributed by atoms with E-state index in [1.54, 1.807) is 6.20 Å². The number of aromatic nitrogens is 1. The predicted octanol–water partition coefficient (Wildman–Crippen LogP) is 1.64. The predicted molar refractivity (Wildman–Crippen MR) is 60.7 cm³/mol. The van der Waals surface area contributed by atoms with Crippen molar-refractivity contribution < 1.29 is 4.74 Å². The third-order valence-corrected chi connectivity index (χ3v) is 3.15. The van der Waals surface area contributed by atoms with Gasteiger partial charge in [-0.2, -0.15) is 0 Å². The summed E-state index contributed by atoms with van der Waals surface area (Å²) in [5, 5.41) is 3.42. The lowest BCUT2D eigenvalue weighted by Gasteiger charge is -2.30. The molecule has 1 fully saturated rings. The van der Waals surface area contributed by atoms with Crippen molar-refractivity contribution in [1.82, 2.24) is 4.98 Å². The van der Waals surface area contributed by atoms with Crippen LogP contribution in [0.4, 0.5) is 11.5 Å². The minimum absolute atomic E-state index is 0.0445. The molecule has 0 radical (unpaired) electrons. The van der Waals surface area contributed by atoms with E-state index in [1.807, 2.05) is 12.1 Å². The van der Waals surface area contributed by atoms with Crippen LogP contribution in [0.5, 0.6) is 0 Å². The zero-order valence-corrected chi connectivity index (χ0v) is 9.16. The molecule has 2 rings (SSSR count). The number of nitrogens with zero attached hydrogens (tertiary/aromatic N) is 1. The molecular formula is C11H17N3O. The molecular weight excluding hydrogens is 190 g/mol. The van der Waals surface area contributed by atoms with Gasteiger partial charge < -0.3 is 15.8 Å². The van der Waals surface area contributed by atoms with Gasteiger partial charge in [0.05, 0.1) is 17.3 Å². The Labute approximate surface area is 89.8 Å². The van der Waals surface area contributed by atoms with Crippen molar-refractivity contribution in [3.05, 3.63) is 18.3 Å². The van der Waals surface area contributed by atoms with E-state index in [2.05, 4.69) is 24.1 Å². The summed E-state index contributed by atoms with van der Waals surface area (Å²) in [6.07, 6.45) is 2.87. The molecule has 1 aromatic rings. The van der Waals surface area contributed by atoms with Crippen LogP contribution in [0, 0.1) is 0 Å². The van der Waals surface area contributed by atoms with Crippen molar-refractivity contribution >= 4 is 11.5 Å². The van der Waals surface area contributed by atoms with Gasteiger partial charge in [-0.15, -0.1) is 0 Å². The molecule has 2 unspecified atom stereocenters. The van der Waals surface area contributed by atoms with Crippen molar-refractivity contribution in [1.29, 1.82) is 0 Å². The highest BCUT2D eigenvalue weighted by molar-refractivity contribution is 5.62. The highest BCUT2D eigenvalue weighted by Crippen LogP contribution is 2.30. The van der Waals surface area contributed by atoms with Gasteiger partial charge in [-0.25, -0.2) is 4.98 Å². The average Bonchev–Trinajstić information content (AvgIpc) is 2.51. The number of ether oxygens (including phenoxy) is 1. The fourth-order valence-corrected chi connectivity index (χ4v) is 1.83. The summed E-state index contributed by atoms with van der Waals surface area (Å²) in [6.45, 7) is 5.02. The first-order valence-electron chi connectivity index (χ1n) is 5.22. The Hall–Kier alpha value is -1.29. The van der Waals surface area contributed by atoms with Crippen LogP contribution < -0.4 is 11.1 Å². The lowest BCUT2D eigenvalue weighted by Crippen LogP contribution is -2.41. The van der Waals surface area contributed by atoms with Crippen molar-refractivity contribution in [2.45, 2.75) is 31.9 Å². The summed E-state index contributed by atoms with van der Waals surface area (Å²) in [5.74, 6) is 0.540. The van der Waals surface area contributed by atoms with Crippen LogP contribution >= 0.6 is 0 Å². The molecule has 4 nitrogen and oxygen atoms in total. The molecule has 0 aromatic carbocycles. The molecule has 1 aliphatic rings. The first-order chi connectivity index (χ1) is 7.12. The van der Waals surface area contributed by atoms with Gasteiger partial charge in [0.25, 0.3) is 0 Å². The van der Waals surface area contributed by atoms with Crippen LogP contribution in [0.25, 0.3) is 0 Å². The van der Waals surface area contributed by atoms with Gasteiger partial charge in [-0.1, -0.05) is 0 Å². The molecule has 1 aromatic heterocycles. The summed E-state index contributed by atoms with van der Waals surface area (Å²) in [4.78, 5) is 4.05. The first-order valence-corrected chi connectivity index (χ1v) is 5.22. The van der Waals surface area contributed by atoms with Crippen LogP contribution in [0.15, 0.2) is 18.3 Å². The summed E-state index contributed by atoms with van der Waals surface area (Å²) in [6, 6.07) is 3.82. The second-order valence-corrected chi connectivity index (χ2v) is 4.24. The van der Waals surface area contributed by atoms with Gasteiger partial charge in [0, 0.05) is 12.8 Å². The molecule has 4 heteroatoms. The number of pyridine rings is 1. The van der Waals surface area contributed by atoms with E-state index in [-0.39, 0.29) is 11.6 Å². The third kappa shape index (κ3) is 1.90. The van der Waals surface area contributed by atoms with E-state index in [4.69, 9.17) is 10.5 Å². The Balaban J connectivity index is 2.18. The van der Waals surface area contributed by atoms with Gasteiger partial charge in [0.15, 0.2) is 0 Å². The van der Waals surface area contributed by atoms with Crippen LogP contribution in [0.2, 0.25) is 0 Å². The second kappa shape index (κ2) is 3.70. The quantitative estimate of drug-likeness (QED) is 0.774. The number of anilines is 2. The molecule has 0 aliphatic carbocycles. The van der Waals surface area contributed by atoms with E-state index < -0.39 is 0 Å². The molecule has 1 aliphatic heterocycles. The monoisotopic (exact) mass is 207 g/mol. The van der Waals surface area contributed by atoms with Gasteiger partial charge >= 0.3 is 0 Å².